The van der Waals surface area contributed by atoms with Crippen molar-refractivity contribution >= 4 is 11.3 Å². The highest BCUT2D eigenvalue weighted by Gasteiger charge is 2.21. The number of aryl methyl sites for hydroxylation is 2. The van der Waals surface area contributed by atoms with Crippen LogP contribution in [-0.2, 0) is 0 Å². The first-order chi connectivity index (χ1) is 9.10. The summed E-state index contributed by atoms with van der Waals surface area (Å²) < 4.78 is 0. The predicted octanol–water partition coefficient (Wildman–Crippen LogP) is 4.63. The lowest BCUT2D eigenvalue weighted by Crippen LogP contribution is -2.29. The Morgan fingerprint density at radius 3 is 2.37 bits per heavy atom. The van der Waals surface area contributed by atoms with Crippen LogP contribution >= 0.6 is 11.3 Å². The summed E-state index contributed by atoms with van der Waals surface area (Å²) in [6, 6.07) is 0.397. The van der Waals surface area contributed by atoms with Crippen molar-refractivity contribution in [1.29, 1.82) is 0 Å². The van der Waals surface area contributed by atoms with Crippen LogP contribution in [0.15, 0.2) is 0 Å². The fourth-order valence-electron chi connectivity index (χ4n) is 3.23. The van der Waals surface area contributed by atoms with Gasteiger partial charge >= 0.3 is 0 Å². The van der Waals surface area contributed by atoms with Gasteiger partial charge in [0, 0.05) is 10.9 Å². The first-order valence-corrected chi connectivity index (χ1v) is 8.59. The van der Waals surface area contributed by atoms with Crippen LogP contribution in [0.5, 0.6) is 0 Å². The second-order valence-electron chi connectivity index (χ2n) is 6.10. The van der Waals surface area contributed by atoms with E-state index in [-0.39, 0.29) is 0 Å². The molecule has 2 rings (SSSR count). The minimum atomic E-state index is 0.397. The van der Waals surface area contributed by atoms with Crippen LogP contribution in [0.1, 0.15) is 67.6 Å². The molecule has 0 aromatic carbocycles. The first kappa shape index (κ1) is 15.0. The van der Waals surface area contributed by atoms with Crippen molar-refractivity contribution in [3.05, 3.63) is 15.6 Å². The number of aromatic nitrogens is 1. The molecule has 1 aliphatic rings. The summed E-state index contributed by atoms with van der Waals surface area (Å²) in [6.07, 6.45) is 7.06. The molecule has 1 aliphatic carbocycles. The van der Waals surface area contributed by atoms with E-state index in [1.165, 1.54) is 47.7 Å². The Morgan fingerprint density at radius 2 is 1.84 bits per heavy atom. The molecule has 108 valence electrons. The average molecular weight is 280 g/mol. The average Bonchev–Trinajstić information content (AvgIpc) is 2.75. The van der Waals surface area contributed by atoms with Crippen molar-refractivity contribution < 1.29 is 0 Å². The van der Waals surface area contributed by atoms with Crippen molar-refractivity contribution in [3.8, 4) is 0 Å². The third-order valence-electron chi connectivity index (χ3n) is 4.61. The first-order valence-electron chi connectivity index (χ1n) is 7.77. The number of nitrogens with zero attached hydrogens (tertiary/aromatic N) is 1. The lowest BCUT2D eigenvalue weighted by Gasteiger charge is -2.28. The van der Waals surface area contributed by atoms with Crippen molar-refractivity contribution in [2.45, 2.75) is 65.8 Å². The van der Waals surface area contributed by atoms with Crippen LogP contribution in [0.25, 0.3) is 0 Å². The Kier molecular flexibility index (Phi) is 5.40. The number of hydrogen-bond donors (Lipinski definition) is 1. The van der Waals surface area contributed by atoms with E-state index >= 15 is 0 Å². The molecule has 1 atom stereocenters. The van der Waals surface area contributed by atoms with Crippen LogP contribution in [0.4, 0.5) is 0 Å². The van der Waals surface area contributed by atoms with E-state index < -0.39 is 0 Å². The maximum Gasteiger partial charge on any atom is 0.0900 e. The van der Waals surface area contributed by atoms with Gasteiger partial charge in [0.2, 0.25) is 0 Å². The molecule has 1 N–H and O–H groups in total. The number of thiazole rings is 1. The van der Waals surface area contributed by atoms with Crippen molar-refractivity contribution in [2.75, 3.05) is 6.54 Å². The van der Waals surface area contributed by atoms with E-state index in [1.54, 1.807) is 0 Å². The zero-order valence-corrected chi connectivity index (χ0v) is 13.6. The zero-order chi connectivity index (χ0) is 13.8. The largest absolute Gasteiger partial charge is 0.309 e. The summed E-state index contributed by atoms with van der Waals surface area (Å²) in [5, 5.41) is 4.88. The normalized spacial score (nSPS) is 25.5. The molecule has 1 fully saturated rings. The highest BCUT2D eigenvalue weighted by Crippen LogP contribution is 2.30. The summed E-state index contributed by atoms with van der Waals surface area (Å²) in [6.45, 7) is 10.0. The van der Waals surface area contributed by atoms with Crippen molar-refractivity contribution in [2.24, 2.45) is 11.8 Å². The molecule has 0 aliphatic heterocycles. The lowest BCUT2D eigenvalue weighted by atomic mass is 9.81. The van der Waals surface area contributed by atoms with E-state index in [0.717, 1.165) is 18.4 Å². The minimum absolute atomic E-state index is 0.397. The molecule has 19 heavy (non-hydrogen) atoms. The van der Waals surface area contributed by atoms with Gasteiger partial charge in [-0.15, -0.1) is 11.3 Å². The fraction of sp³-hybridized carbons (Fsp3) is 0.812. The number of rotatable bonds is 5. The van der Waals surface area contributed by atoms with Crippen molar-refractivity contribution in [3.63, 3.8) is 0 Å². The van der Waals surface area contributed by atoms with Crippen LogP contribution in [0, 0.1) is 25.7 Å². The summed E-state index contributed by atoms with van der Waals surface area (Å²) in [4.78, 5) is 6.02. The van der Waals surface area contributed by atoms with Gasteiger partial charge in [-0.2, -0.15) is 0 Å². The maximum absolute atomic E-state index is 4.66. The van der Waals surface area contributed by atoms with E-state index in [9.17, 15) is 0 Å². The summed E-state index contributed by atoms with van der Waals surface area (Å²) in [7, 11) is 0. The van der Waals surface area contributed by atoms with Gasteiger partial charge in [0.05, 0.1) is 10.7 Å². The van der Waals surface area contributed by atoms with Gasteiger partial charge in [-0.1, -0.05) is 26.2 Å². The molecule has 0 saturated heterocycles. The fourth-order valence-corrected chi connectivity index (χ4v) is 4.14. The standard InChI is InChI=1S/C16H28N2S/c1-5-14-6-8-15(9-7-14)10-17-11(2)16-12(3)19-13(4)18-16/h11,14-15,17H,5-10H2,1-4H3. The number of nitrogens with one attached hydrogen (secondary N) is 1. The van der Waals surface area contributed by atoms with Crippen LogP contribution in [0.3, 0.4) is 0 Å². The summed E-state index contributed by atoms with van der Waals surface area (Å²) >= 11 is 1.81. The Hall–Kier alpha value is -0.410. The molecule has 1 heterocycles. The molecule has 3 heteroatoms. The van der Waals surface area contributed by atoms with Crippen LogP contribution < -0.4 is 5.32 Å². The Bertz CT molecular complexity index is 391. The molecule has 1 aromatic heterocycles. The molecular weight excluding hydrogens is 252 g/mol. The van der Waals surface area contributed by atoms with E-state index in [4.69, 9.17) is 0 Å². The molecule has 0 amide bonds. The predicted molar refractivity (Wildman–Crippen MR) is 83.7 cm³/mol. The maximum atomic E-state index is 4.66. The Morgan fingerprint density at radius 1 is 1.21 bits per heavy atom. The van der Waals surface area contributed by atoms with Gasteiger partial charge in [-0.25, -0.2) is 4.98 Å². The molecule has 2 nitrogen and oxygen atoms in total. The zero-order valence-electron chi connectivity index (χ0n) is 12.8. The Balaban J connectivity index is 1.78. The topological polar surface area (TPSA) is 24.9 Å². The SMILES string of the molecule is CCC1CCC(CNC(C)c2nc(C)sc2C)CC1. The van der Waals surface area contributed by atoms with Crippen molar-refractivity contribution in [1.82, 2.24) is 10.3 Å². The van der Waals surface area contributed by atoms with E-state index in [0.29, 0.717) is 6.04 Å². The second-order valence-corrected chi connectivity index (χ2v) is 7.51. The van der Waals surface area contributed by atoms with Crippen LogP contribution in [0.2, 0.25) is 0 Å². The molecule has 0 radical (unpaired) electrons. The van der Waals surface area contributed by atoms with Gasteiger partial charge < -0.3 is 5.32 Å². The Labute approximate surface area is 122 Å². The van der Waals surface area contributed by atoms with Gasteiger partial charge in [-0.3, -0.25) is 0 Å². The van der Waals surface area contributed by atoms with Gasteiger partial charge in [0.1, 0.15) is 0 Å². The van der Waals surface area contributed by atoms with E-state index in [1.807, 2.05) is 11.3 Å². The van der Waals surface area contributed by atoms with Gasteiger partial charge in [0.15, 0.2) is 0 Å². The molecule has 1 saturated carbocycles. The minimum Gasteiger partial charge on any atom is -0.309 e. The lowest BCUT2D eigenvalue weighted by molar-refractivity contribution is 0.257. The van der Waals surface area contributed by atoms with Crippen LogP contribution in [-0.4, -0.2) is 11.5 Å². The second kappa shape index (κ2) is 6.85. The summed E-state index contributed by atoms with van der Waals surface area (Å²) in [5.74, 6) is 1.88. The highest BCUT2D eigenvalue weighted by atomic mass is 32.1. The molecule has 0 spiro atoms. The third kappa shape index (κ3) is 4.03. The number of hydrogen-bond acceptors (Lipinski definition) is 3. The monoisotopic (exact) mass is 280 g/mol. The smallest absolute Gasteiger partial charge is 0.0900 e. The van der Waals surface area contributed by atoms with Gasteiger partial charge in [-0.05, 0) is 52.0 Å². The van der Waals surface area contributed by atoms with E-state index in [2.05, 4.69) is 38.0 Å². The van der Waals surface area contributed by atoms with Gasteiger partial charge in [0.25, 0.3) is 0 Å². The summed E-state index contributed by atoms with van der Waals surface area (Å²) in [5.41, 5.74) is 1.25. The highest BCUT2D eigenvalue weighted by molar-refractivity contribution is 7.11. The molecule has 0 bridgehead atoms. The molecule has 1 unspecified atom stereocenters. The quantitative estimate of drug-likeness (QED) is 0.851. The molecule has 1 aromatic rings. The third-order valence-corrected chi connectivity index (χ3v) is 5.51. The molecular formula is C16H28N2S.